The van der Waals surface area contributed by atoms with Crippen LogP contribution in [0.1, 0.15) is 29.4 Å². The third kappa shape index (κ3) is 4.15. The van der Waals surface area contributed by atoms with E-state index in [0.29, 0.717) is 23.4 Å². The molecule has 164 valence electrons. The van der Waals surface area contributed by atoms with Crippen molar-refractivity contribution in [2.75, 3.05) is 11.9 Å². The van der Waals surface area contributed by atoms with E-state index in [9.17, 15) is 14.5 Å². The molecule has 9 nitrogen and oxygen atoms in total. The maximum absolute atomic E-state index is 13.2. The largest absolute Gasteiger partial charge is 0.356 e. The number of hydrogen-bond donors (Lipinski definition) is 3. The van der Waals surface area contributed by atoms with Crippen LogP contribution in [0.3, 0.4) is 0 Å². The smallest absolute Gasteiger partial charge is 0.240 e. The van der Waals surface area contributed by atoms with Gasteiger partial charge in [-0.05, 0) is 31.2 Å². The van der Waals surface area contributed by atoms with E-state index in [1.165, 1.54) is 0 Å². The van der Waals surface area contributed by atoms with E-state index in [4.69, 9.17) is 5.84 Å². The molecule has 2 heterocycles. The Kier molecular flexibility index (Phi) is 6.09. The number of para-hydroxylation sites is 1. The minimum absolute atomic E-state index is 0.0396. The number of Topliss-reactive ketones (excluding diaryl/α,β-unsaturated/α-hetero) is 1. The van der Waals surface area contributed by atoms with Gasteiger partial charge in [-0.15, -0.1) is 0 Å². The zero-order valence-electron chi connectivity index (χ0n) is 17.6. The Morgan fingerprint density at radius 2 is 1.97 bits per heavy atom. The predicted octanol–water partition coefficient (Wildman–Crippen LogP) is 3.42. The van der Waals surface area contributed by atoms with Crippen LogP contribution in [0.25, 0.3) is 11.3 Å². The average molecular weight is 432 g/mol. The summed E-state index contributed by atoms with van der Waals surface area (Å²) in [6.45, 7) is 1.54. The standard InChI is InChI=1S/C23H24N6O3/c1-14(13-26-32)29(24)23(31)16-11-18-20(19(30)12-16)22(27-17-5-3-2-4-6-17)21(28-18)15-7-9-25-10-8-15/h2-10,14,16,27-28H,11-13,24H2,1H3/t14-,16?/m0/s1. The number of benzene rings is 1. The fourth-order valence-electron chi connectivity index (χ4n) is 3.98. The van der Waals surface area contributed by atoms with Gasteiger partial charge in [-0.2, -0.15) is 4.91 Å². The van der Waals surface area contributed by atoms with Gasteiger partial charge in [-0.25, -0.2) is 5.84 Å². The van der Waals surface area contributed by atoms with Gasteiger partial charge < -0.3 is 10.3 Å². The van der Waals surface area contributed by atoms with Crippen LogP contribution in [0.15, 0.2) is 60.0 Å². The maximum Gasteiger partial charge on any atom is 0.240 e. The molecule has 0 bridgehead atoms. The van der Waals surface area contributed by atoms with Gasteiger partial charge >= 0.3 is 0 Å². The molecule has 3 aromatic rings. The van der Waals surface area contributed by atoms with Crippen LogP contribution in [0, 0.1) is 10.8 Å². The zero-order chi connectivity index (χ0) is 22.7. The molecule has 1 aliphatic rings. The number of nitrogens with two attached hydrogens (primary N) is 1. The lowest BCUT2D eigenvalue weighted by Gasteiger charge is -2.28. The molecule has 1 unspecified atom stereocenters. The van der Waals surface area contributed by atoms with Gasteiger partial charge in [0.2, 0.25) is 5.91 Å². The van der Waals surface area contributed by atoms with Gasteiger partial charge in [0.15, 0.2) is 5.78 Å². The van der Waals surface area contributed by atoms with E-state index in [1.807, 2.05) is 42.5 Å². The summed E-state index contributed by atoms with van der Waals surface area (Å²) >= 11 is 0. The van der Waals surface area contributed by atoms with Crippen molar-refractivity contribution >= 4 is 23.1 Å². The number of H-pyrrole nitrogens is 1. The minimum atomic E-state index is -0.609. The molecule has 2 atom stereocenters. The van der Waals surface area contributed by atoms with Crippen molar-refractivity contribution in [1.29, 1.82) is 0 Å². The van der Waals surface area contributed by atoms with Gasteiger partial charge in [0.05, 0.1) is 28.9 Å². The van der Waals surface area contributed by atoms with Crippen molar-refractivity contribution in [3.05, 3.63) is 71.0 Å². The quantitative estimate of drug-likeness (QED) is 0.227. The lowest BCUT2D eigenvalue weighted by molar-refractivity contribution is -0.137. The van der Waals surface area contributed by atoms with E-state index in [1.54, 1.807) is 19.3 Å². The monoisotopic (exact) mass is 432 g/mol. The zero-order valence-corrected chi connectivity index (χ0v) is 17.6. The molecule has 0 spiro atoms. The number of anilines is 2. The predicted molar refractivity (Wildman–Crippen MR) is 121 cm³/mol. The Morgan fingerprint density at radius 3 is 2.66 bits per heavy atom. The summed E-state index contributed by atoms with van der Waals surface area (Å²) < 4.78 is 0. The molecule has 2 aromatic heterocycles. The van der Waals surface area contributed by atoms with Crippen molar-refractivity contribution in [3.63, 3.8) is 0 Å². The first-order chi connectivity index (χ1) is 15.5. The number of hydrogen-bond acceptors (Lipinski definition) is 7. The highest BCUT2D eigenvalue weighted by atomic mass is 16.3. The molecule has 1 aromatic carbocycles. The third-order valence-electron chi connectivity index (χ3n) is 5.67. The van der Waals surface area contributed by atoms with Gasteiger partial charge in [-0.3, -0.25) is 19.6 Å². The average Bonchev–Trinajstić information content (AvgIpc) is 3.18. The van der Waals surface area contributed by atoms with Crippen molar-refractivity contribution < 1.29 is 9.59 Å². The maximum atomic E-state index is 13.2. The van der Waals surface area contributed by atoms with E-state index in [0.717, 1.165) is 22.0 Å². The molecule has 0 fully saturated rings. The molecule has 0 radical (unpaired) electrons. The fraction of sp³-hybridized carbons (Fsp3) is 0.261. The second-order valence-electron chi connectivity index (χ2n) is 7.89. The molecular weight excluding hydrogens is 408 g/mol. The van der Waals surface area contributed by atoms with E-state index in [2.05, 4.69) is 20.5 Å². The van der Waals surface area contributed by atoms with E-state index >= 15 is 0 Å². The number of nitrogens with one attached hydrogen (secondary N) is 2. The summed E-state index contributed by atoms with van der Waals surface area (Å²) in [4.78, 5) is 44.1. The van der Waals surface area contributed by atoms with E-state index in [-0.39, 0.29) is 24.7 Å². The summed E-state index contributed by atoms with van der Waals surface area (Å²) in [6.07, 6.45) is 3.75. The number of ketones is 1. The Balaban J connectivity index is 1.71. The van der Waals surface area contributed by atoms with Crippen LogP contribution in [0.2, 0.25) is 0 Å². The first kappa shape index (κ1) is 21.4. The summed E-state index contributed by atoms with van der Waals surface area (Å²) in [7, 11) is 0. The highest BCUT2D eigenvalue weighted by molar-refractivity contribution is 6.09. The van der Waals surface area contributed by atoms with Crippen LogP contribution in [0.5, 0.6) is 0 Å². The Hall–Kier alpha value is -3.85. The van der Waals surface area contributed by atoms with E-state index < -0.39 is 12.0 Å². The Morgan fingerprint density at radius 1 is 1.25 bits per heavy atom. The summed E-state index contributed by atoms with van der Waals surface area (Å²) in [6, 6.07) is 12.8. The van der Waals surface area contributed by atoms with Gasteiger partial charge in [0, 0.05) is 42.2 Å². The topological polar surface area (TPSA) is 134 Å². The number of aromatic amines is 1. The molecular formula is C23H24N6O3. The minimum Gasteiger partial charge on any atom is -0.356 e. The van der Waals surface area contributed by atoms with Gasteiger partial charge in [-0.1, -0.05) is 23.4 Å². The van der Waals surface area contributed by atoms with Crippen molar-refractivity contribution in [2.45, 2.75) is 25.8 Å². The number of carbonyl (C=O) groups excluding carboxylic acids is 2. The van der Waals surface area contributed by atoms with Crippen LogP contribution in [-0.2, 0) is 11.2 Å². The number of pyridine rings is 1. The molecule has 1 aliphatic carbocycles. The Labute approximate surface area is 185 Å². The molecule has 1 amide bonds. The SMILES string of the molecule is C[C@@H](CN=O)N(N)C(=O)C1CC(=O)c2c([nH]c(-c3ccncc3)c2Nc2ccccc2)C1. The van der Waals surface area contributed by atoms with Crippen molar-refractivity contribution in [3.8, 4) is 11.3 Å². The van der Waals surface area contributed by atoms with Crippen LogP contribution >= 0.6 is 0 Å². The number of hydrazine groups is 1. The number of nitrogens with zero attached hydrogens (tertiary/aromatic N) is 3. The molecule has 32 heavy (non-hydrogen) atoms. The molecule has 0 saturated heterocycles. The number of aromatic nitrogens is 2. The first-order valence-corrected chi connectivity index (χ1v) is 10.4. The number of rotatable bonds is 7. The van der Waals surface area contributed by atoms with Crippen molar-refractivity contribution in [1.82, 2.24) is 15.0 Å². The second kappa shape index (κ2) is 9.11. The molecule has 4 N–H and O–H groups in total. The lowest BCUT2D eigenvalue weighted by Crippen LogP contribution is -2.49. The van der Waals surface area contributed by atoms with Gasteiger partial charge in [0.25, 0.3) is 0 Å². The number of carbonyl (C=O) groups is 2. The summed E-state index contributed by atoms with van der Waals surface area (Å²) in [5, 5.41) is 7.20. The fourth-order valence-corrected chi connectivity index (χ4v) is 3.98. The number of nitroso groups, excluding NO2 is 1. The molecule has 0 aliphatic heterocycles. The molecule has 9 heteroatoms. The summed E-state index contributed by atoms with van der Waals surface area (Å²) in [5.41, 5.74) is 4.38. The molecule has 0 saturated carbocycles. The summed E-state index contributed by atoms with van der Waals surface area (Å²) in [5.74, 6) is 4.79. The van der Waals surface area contributed by atoms with Crippen LogP contribution in [0.4, 0.5) is 11.4 Å². The highest BCUT2D eigenvalue weighted by Gasteiger charge is 2.37. The first-order valence-electron chi connectivity index (χ1n) is 10.4. The second-order valence-corrected chi connectivity index (χ2v) is 7.89. The van der Waals surface area contributed by atoms with Crippen LogP contribution < -0.4 is 11.2 Å². The number of fused-ring (bicyclic) bond motifs is 1. The highest BCUT2D eigenvalue weighted by Crippen LogP contribution is 2.40. The van der Waals surface area contributed by atoms with Gasteiger partial charge in [0.1, 0.15) is 6.54 Å². The van der Waals surface area contributed by atoms with Crippen LogP contribution in [-0.4, -0.2) is 39.3 Å². The van der Waals surface area contributed by atoms with Crippen molar-refractivity contribution in [2.24, 2.45) is 16.9 Å². The third-order valence-corrected chi connectivity index (χ3v) is 5.67. The molecule has 4 rings (SSSR count). The normalized spacial score (nSPS) is 16.2. The Bertz CT molecular complexity index is 1130. The number of amides is 1. The lowest BCUT2D eigenvalue weighted by atomic mass is 9.85.